The van der Waals surface area contributed by atoms with Crippen LogP contribution in [0.2, 0.25) is 0 Å². The maximum absolute atomic E-state index is 12.1. The van der Waals surface area contributed by atoms with Gasteiger partial charge in [-0.3, -0.25) is 14.7 Å². The molecular formula is C11H17N5O2. The fourth-order valence-electron chi connectivity index (χ4n) is 2.03. The molecule has 0 spiro atoms. The minimum atomic E-state index is -0.541. The van der Waals surface area contributed by atoms with E-state index >= 15 is 0 Å². The number of H-pyrrole nitrogens is 1. The second kappa shape index (κ2) is 5.61. The van der Waals surface area contributed by atoms with E-state index in [-0.39, 0.29) is 11.7 Å². The summed E-state index contributed by atoms with van der Waals surface area (Å²) in [5.74, 6) is -0.332. The second-order valence-electron chi connectivity index (χ2n) is 4.42. The number of piperidine rings is 1. The third-order valence-electron chi connectivity index (χ3n) is 3.02. The molecule has 1 saturated heterocycles. The zero-order valence-corrected chi connectivity index (χ0v) is 10.3. The van der Waals surface area contributed by atoms with Crippen molar-refractivity contribution in [2.24, 2.45) is 0 Å². The molecule has 1 fully saturated rings. The van der Waals surface area contributed by atoms with Gasteiger partial charge in [0, 0.05) is 13.1 Å². The summed E-state index contributed by atoms with van der Waals surface area (Å²) in [6, 6.07) is -0.541. The van der Waals surface area contributed by atoms with Crippen molar-refractivity contribution in [2.75, 3.05) is 13.1 Å². The van der Waals surface area contributed by atoms with Gasteiger partial charge in [0.15, 0.2) is 0 Å². The van der Waals surface area contributed by atoms with Crippen molar-refractivity contribution < 1.29 is 9.59 Å². The Hall–Kier alpha value is -1.92. The molecule has 1 aromatic rings. The molecular weight excluding hydrogens is 234 g/mol. The summed E-state index contributed by atoms with van der Waals surface area (Å²) < 4.78 is 0. The van der Waals surface area contributed by atoms with E-state index in [4.69, 9.17) is 0 Å². The summed E-state index contributed by atoms with van der Waals surface area (Å²) in [4.78, 5) is 29.3. The van der Waals surface area contributed by atoms with Crippen molar-refractivity contribution in [3.05, 3.63) is 12.2 Å². The Bertz CT molecular complexity index is 411. The molecule has 2 heterocycles. The van der Waals surface area contributed by atoms with Crippen LogP contribution in [0, 0.1) is 0 Å². The number of nitrogens with one attached hydrogen (secondary N) is 2. The average molecular weight is 251 g/mol. The Morgan fingerprint density at radius 3 is 2.72 bits per heavy atom. The second-order valence-corrected chi connectivity index (χ2v) is 4.42. The van der Waals surface area contributed by atoms with Crippen LogP contribution in [0.4, 0.5) is 0 Å². The van der Waals surface area contributed by atoms with Gasteiger partial charge < -0.3 is 10.2 Å². The highest BCUT2D eigenvalue weighted by Gasteiger charge is 2.24. The molecule has 1 atom stereocenters. The molecule has 0 saturated carbocycles. The number of amides is 2. The molecule has 0 radical (unpaired) electrons. The first-order valence-electron chi connectivity index (χ1n) is 6.13. The number of aromatic nitrogens is 3. The zero-order chi connectivity index (χ0) is 13.0. The summed E-state index contributed by atoms with van der Waals surface area (Å²) in [5, 5.41) is 8.67. The normalized spacial score (nSPS) is 17.3. The van der Waals surface area contributed by atoms with Crippen LogP contribution in [0.25, 0.3) is 0 Å². The molecule has 2 rings (SSSR count). The predicted molar refractivity (Wildman–Crippen MR) is 63.7 cm³/mol. The van der Waals surface area contributed by atoms with Crippen LogP contribution in [-0.2, 0) is 4.79 Å². The van der Waals surface area contributed by atoms with Crippen molar-refractivity contribution >= 4 is 11.8 Å². The van der Waals surface area contributed by atoms with Gasteiger partial charge in [0.05, 0.1) is 0 Å². The molecule has 7 nitrogen and oxygen atoms in total. The fraction of sp³-hybridized carbons (Fsp3) is 0.636. The van der Waals surface area contributed by atoms with E-state index in [2.05, 4.69) is 20.5 Å². The first-order chi connectivity index (χ1) is 8.68. The number of aromatic amines is 1. The number of carbonyl (C=O) groups excluding carboxylic acids is 2. The molecule has 0 aromatic carbocycles. The van der Waals surface area contributed by atoms with Gasteiger partial charge in [0.2, 0.25) is 11.7 Å². The van der Waals surface area contributed by atoms with Gasteiger partial charge in [-0.15, -0.1) is 0 Å². The predicted octanol–water partition coefficient (Wildman–Crippen LogP) is -0.0645. The molecule has 7 heteroatoms. The molecule has 1 aliphatic heterocycles. The monoisotopic (exact) mass is 251 g/mol. The van der Waals surface area contributed by atoms with Crippen molar-refractivity contribution in [1.29, 1.82) is 0 Å². The molecule has 0 bridgehead atoms. The lowest BCUT2D eigenvalue weighted by molar-refractivity contribution is -0.133. The van der Waals surface area contributed by atoms with E-state index < -0.39 is 11.9 Å². The van der Waals surface area contributed by atoms with Crippen LogP contribution in [0.1, 0.15) is 36.8 Å². The van der Waals surface area contributed by atoms with Crippen LogP contribution in [0.5, 0.6) is 0 Å². The highest BCUT2D eigenvalue weighted by Crippen LogP contribution is 2.10. The fourth-order valence-corrected chi connectivity index (χ4v) is 2.03. The zero-order valence-electron chi connectivity index (χ0n) is 10.3. The highest BCUT2D eigenvalue weighted by atomic mass is 16.2. The van der Waals surface area contributed by atoms with E-state index in [1.807, 2.05) is 0 Å². The first-order valence-corrected chi connectivity index (χ1v) is 6.13. The molecule has 1 aliphatic rings. The standard InChI is InChI=1S/C11H17N5O2/c1-8(11(18)16-5-3-2-4-6-16)14-10(17)9-12-7-13-15-9/h7-8H,2-6H2,1H3,(H,14,17)(H,12,13,15). The number of hydrogen-bond acceptors (Lipinski definition) is 4. The van der Waals surface area contributed by atoms with E-state index in [9.17, 15) is 9.59 Å². The van der Waals surface area contributed by atoms with Gasteiger partial charge in [-0.2, -0.15) is 5.10 Å². The molecule has 1 unspecified atom stereocenters. The smallest absolute Gasteiger partial charge is 0.289 e. The van der Waals surface area contributed by atoms with Gasteiger partial charge in [0.25, 0.3) is 5.91 Å². The Morgan fingerprint density at radius 1 is 1.39 bits per heavy atom. The average Bonchev–Trinajstić information content (AvgIpc) is 2.92. The van der Waals surface area contributed by atoms with Crippen molar-refractivity contribution in [2.45, 2.75) is 32.2 Å². The Balaban J connectivity index is 1.88. The third-order valence-corrected chi connectivity index (χ3v) is 3.02. The quantitative estimate of drug-likeness (QED) is 0.787. The van der Waals surface area contributed by atoms with Gasteiger partial charge in [-0.05, 0) is 26.2 Å². The molecule has 2 N–H and O–H groups in total. The van der Waals surface area contributed by atoms with Crippen LogP contribution in [-0.4, -0.2) is 51.0 Å². The third kappa shape index (κ3) is 2.85. The largest absolute Gasteiger partial charge is 0.341 e. The van der Waals surface area contributed by atoms with Crippen molar-refractivity contribution in [1.82, 2.24) is 25.4 Å². The topological polar surface area (TPSA) is 91.0 Å². The van der Waals surface area contributed by atoms with Crippen LogP contribution in [0.15, 0.2) is 6.33 Å². The van der Waals surface area contributed by atoms with Crippen molar-refractivity contribution in [3.8, 4) is 0 Å². The van der Waals surface area contributed by atoms with Gasteiger partial charge in [0.1, 0.15) is 12.4 Å². The summed E-state index contributed by atoms with van der Waals surface area (Å²) in [6.07, 6.45) is 4.50. The van der Waals surface area contributed by atoms with Gasteiger partial charge in [-0.25, -0.2) is 4.98 Å². The maximum atomic E-state index is 12.1. The number of carbonyl (C=O) groups is 2. The lowest BCUT2D eigenvalue weighted by Gasteiger charge is -2.29. The summed E-state index contributed by atoms with van der Waals surface area (Å²) in [5.41, 5.74) is 0. The lowest BCUT2D eigenvalue weighted by atomic mass is 10.1. The first kappa shape index (κ1) is 12.5. The molecule has 98 valence electrons. The SMILES string of the molecule is CC(NC(=O)c1ncn[nH]1)C(=O)N1CCCCC1. The Morgan fingerprint density at radius 2 is 2.11 bits per heavy atom. The number of likely N-dealkylation sites (tertiary alicyclic amines) is 1. The van der Waals surface area contributed by atoms with Crippen LogP contribution >= 0.6 is 0 Å². The number of rotatable bonds is 3. The summed E-state index contributed by atoms with van der Waals surface area (Å²) >= 11 is 0. The number of nitrogens with zero attached hydrogens (tertiary/aromatic N) is 3. The molecule has 18 heavy (non-hydrogen) atoms. The van der Waals surface area contributed by atoms with Crippen LogP contribution in [0.3, 0.4) is 0 Å². The molecule has 0 aliphatic carbocycles. The van der Waals surface area contributed by atoms with E-state index in [0.717, 1.165) is 25.9 Å². The lowest BCUT2D eigenvalue weighted by Crippen LogP contribution is -2.48. The van der Waals surface area contributed by atoms with E-state index in [0.29, 0.717) is 0 Å². The minimum Gasteiger partial charge on any atom is -0.341 e. The molecule has 1 aromatic heterocycles. The number of hydrogen-bond donors (Lipinski definition) is 2. The Kier molecular flexibility index (Phi) is 3.91. The van der Waals surface area contributed by atoms with E-state index in [1.165, 1.54) is 12.7 Å². The van der Waals surface area contributed by atoms with Gasteiger partial charge in [-0.1, -0.05) is 0 Å². The minimum absolute atomic E-state index is 0.0393. The van der Waals surface area contributed by atoms with Crippen molar-refractivity contribution in [3.63, 3.8) is 0 Å². The maximum Gasteiger partial charge on any atom is 0.289 e. The van der Waals surface area contributed by atoms with Crippen LogP contribution < -0.4 is 5.32 Å². The van der Waals surface area contributed by atoms with Gasteiger partial charge >= 0.3 is 0 Å². The summed E-state index contributed by atoms with van der Waals surface area (Å²) in [7, 11) is 0. The molecule has 2 amide bonds. The van der Waals surface area contributed by atoms with E-state index in [1.54, 1.807) is 11.8 Å². The summed E-state index contributed by atoms with van der Waals surface area (Å²) in [6.45, 7) is 3.24. The Labute approximate surface area is 105 Å². The highest BCUT2D eigenvalue weighted by molar-refractivity contribution is 5.94.